The molecular weight excluding hydrogens is 249 g/mol. The van der Waals surface area contributed by atoms with Crippen molar-refractivity contribution < 1.29 is 9.47 Å². The van der Waals surface area contributed by atoms with Crippen LogP contribution in [0.25, 0.3) is 0 Å². The molecule has 1 aliphatic heterocycles. The Balaban J connectivity index is 2.58. The molecule has 1 atom stereocenters. The second-order valence-corrected chi connectivity index (χ2v) is 4.19. The predicted molar refractivity (Wildman–Crippen MR) is 61.2 cm³/mol. The smallest absolute Gasteiger partial charge is 0.231 e. The van der Waals surface area contributed by atoms with Gasteiger partial charge in [-0.1, -0.05) is 30.1 Å². The molecule has 2 rings (SSSR count). The summed E-state index contributed by atoms with van der Waals surface area (Å²) in [7, 11) is 0. The molecule has 0 bridgehead atoms. The Morgan fingerprint density at radius 3 is 2.88 bits per heavy atom. The number of halogens is 2. The van der Waals surface area contributed by atoms with E-state index in [1.165, 1.54) is 0 Å². The number of nitriles is 1. The molecule has 5 heteroatoms. The topological polar surface area (TPSA) is 42.2 Å². The lowest BCUT2D eigenvalue weighted by Gasteiger charge is -2.12. The maximum absolute atomic E-state index is 9.04. The zero-order valence-electron chi connectivity index (χ0n) is 8.59. The highest BCUT2D eigenvalue weighted by Gasteiger charge is 2.26. The fourth-order valence-corrected chi connectivity index (χ4v) is 2.42. The molecule has 0 N–H and O–H groups in total. The first-order valence-electron chi connectivity index (χ1n) is 4.86. The number of rotatable bonds is 2. The number of ether oxygens (including phenoxy) is 2. The van der Waals surface area contributed by atoms with E-state index in [1.807, 2.05) is 6.92 Å². The summed E-state index contributed by atoms with van der Waals surface area (Å²) >= 11 is 12.3. The van der Waals surface area contributed by atoms with Crippen LogP contribution >= 0.6 is 23.2 Å². The standard InChI is InChI=1S/C11H9Cl2NO2/c1-2-6(4-14)9-7(12)3-8-11(10(9)13)16-5-15-8/h3,6H,2,5H2,1H3. The second-order valence-electron chi connectivity index (χ2n) is 3.41. The molecule has 0 spiro atoms. The van der Waals surface area contributed by atoms with Crippen LogP contribution in [-0.4, -0.2) is 6.79 Å². The molecule has 84 valence electrons. The molecule has 16 heavy (non-hydrogen) atoms. The Morgan fingerprint density at radius 1 is 1.50 bits per heavy atom. The van der Waals surface area contributed by atoms with Crippen LogP contribution in [0.3, 0.4) is 0 Å². The van der Waals surface area contributed by atoms with E-state index in [4.69, 9.17) is 37.9 Å². The Bertz CT molecular complexity index is 468. The van der Waals surface area contributed by atoms with Crippen molar-refractivity contribution in [2.24, 2.45) is 0 Å². The fraction of sp³-hybridized carbons (Fsp3) is 0.364. The van der Waals surface area contributed by atoms with E-state index in [2.05, 4.69) is 6.07 Å². The summed E-state index contributed by atoms with van der Waals surface area (Å²) in [5.74, 6) is 0.691. The highest BCUT2D eigenvalue weighted by molar-refractivity contribution is 6.37. The zero-order valence-corrected chi connectivity index (χ0v) is 10.1. The van der Waals surface area contributed by atoms with E-state index in [0.717, 1.165) is 0 Å². The first-order valence-corrected chi connectivity index (χ1v) is 5.61. The number of hydrogen-bond acceptors (Lipinski definition) is 3. The van der Waals surface area contributed by atoms with Gasteiger partial charge in [0.15, 0.2) is 11.5 Å². The molecular formula is C11H9Cl2NO2. The first kappa shape index (κ1) is 11.4. The van der Waals surface area contributed by atoms with Crippen LogP contribution in [0.15, 0.2) is 6.07 Å². The third-order valence-corrected chi connectivity index (χ3v) is 3.19. The minimum Gasteiger partial charge on any atom is -0.453 e. The van der Waals surface area contributed by atoms with Crippen molar-refractivity contribution in [1.82, 2.24) is 0 Å². The van der Waals surface area contributed by atoms with Crippen molar-refractivity contribution in [2.45, 2.75) is 19.3 Å². The van der Waals surface area contributed by atoms with Gasteiger partial charge >= 0.3 is 0 Å². The number of hydrogen-bond donors (Lipinski definition) is 0. The Morgan fingerprint density at radius 2 is 2.25 bits per heavy atom. The lowest BCUT2D eigenvalue weighted by atomic mass is 9.97. The third kappa shape index (κ3) is 1.68. The maximum atomic E-state index is 9.04. The Hall–Kier alpha value is -1.11. The molecule has 1 heterocycles. The summed E-state index contributed by atoms with van der Waals surface area (Å²) in [4.78, 5) is 0. The van der Waals surface area contributed by atoms with Crippen LogP contribution in [0.5, 0.6) is 11.5 Å². The molecule has 1 aromatic carbocycles. The van der Waals surface area contributed by atoms with Crippen LogP contribution in [-0.2, 0) is 0 Å². The van der Waals surface area contributed by atoms with E-state index in [0.29, 0.717) is 33.5 Å². The fourth-order valence-electron chi connectivity index (χ4n) is 1.67. The van der Waals surface area contributed by atoms with E-state index < -0.39 is 0 Å². The minimum atomic E-state index is -0.325. The average molecular weight is 258 g/mol. The van der Waals surface area contributed by atoms with E-state index in [9.17, 15) is 0 Å². The van der Waals surface area contributed by atoms with E-state index in [-0.39, 0.29) is 12.7 Å². The summed E-state index contributed by atoms with van der Waals surface area (Å²) in [5.41, 5.74) is 0.623. The Labute approximate surface area is 103 Å². The molecule has 3 nitrogen and oxygen atoms in total. The molecule has 0 saturated carbocycles. The van der Waals surface area contributed by atoms with Crippen molar-refractivity contribution in [1.29, 1.82) is 5.26 Å². The predicted octanol–water partition coefficient (Wildman–Crippen LogP) is 3.74. The molecule has 0 aromatic heterocycles. The monoisotopic (exact) mass is 257 g/mol. The van der Waals surface area contributed by atoms with Gasteiger partial charge < -0.3 is 9.47 Å². The number of fused-ring (bicyclic) bond motifs is 1. The summed E-state index contributed by atoms with van der Waals surface area (Å²) in [6, 6.07) is 3.82. The van der Waals surface area contributed by atoms with Gasteiger partial charge in [-0.15, -0.1) is 0 Å². The van der Waals surface area contributed by atoms with Gasteiger partial charge in [0.05, 0.1) is 22.0 Å². The van der Waals surface area contributed by atoms with Crippen LogP contribution in [0.4, 0.5) is 0 Å². The normalized spacial score (nSPS) is 14.6. The number of benzene rings is 1. The van der Waals surface area contributed by atoms with Gasteiger partial charge in [0.2, 0.25) is 6.79 Å². The largest absolute Gasteiger partial charge is 0.453 e. The van der Waals surface area contributed by atoms with Crippen LogP contribution in [0.2, 0.25) is 10.0 Å². The highest BCUT2D eigenvalue weighted by atomic mass is 35.5. The van der Waals surface area contributed by atoms with Gasteiger partial charge in [-0.25, -0.2) is 0 Å². The van der Waals surface area contributed by atoms with Gasteiger partial charge in [0.25, 0.3) is 0 Å². The molecule has 1 aliphatic rings. The molecule has 0 fully saturated rings. The van der Waals surface area contributed by atoms with Gasteiger partial charge in [0, 0.05) is 11.6 Å². The average Bonchev–Trinajstić information content (AvgIpc) is 2.72. The van der Waals surface area contributed by atoms with Crippen LogP contribution < -0.4 is 9.47 Å². The lowest BCUT2D eigenvalue weighted by Crippen LogP contribution is -1.97. The number of nitrogens with zero attached hydrogens (tertiary/aromatic N) is 1. The zero-order chi connectivity index (χ0) is 11.7. The second kappa shape index (κ2) is 4.40. The highest BCUT2D eigenvalue weighted by Crippen LogP contribution is 2.47. The molecule has 0 radical (unpaired) electrons. The van der Waals surface area contributed by atoms with Crippen molar-refractivity contribution in [3.8, 4) is 17.6 Å². The summed E-state index contributed by atoms with van der Waals surface area (Å²) in [6.07, 6.45) is 0.648. The SMILES string of the molecule is CCC(C#N)c1c(Cl)cc2c(c1Cl)OCO2. The molecule has 0 aliphatic carbocycles. The van der Waals surface area contributed by atoms with Crippen molar-refractivity contribution in [3.05, 3.63) is 21.7 Å². The van der Waals surface area contributed by atoms with Crippen molar-refractivity contribution >= 4 is 23.2 Å². The summed E-state index contributed by atoms with van der Waals surface area (Å²) < 4.78 is 10.4. The molecule has 0 saturated heterocycles. The van der Waals surface area contributed by atoms with Gasteiger partial charge in [-0.2, -0.15) is 5.26 Å². The van der Waals surface area contributed by atoms with E-state index >= 15 is 0 Å². The van der Waals surface area contributed by atoms with E-state index in [1.54, 1.807) is 6.07 Å². The van der Waals surface area contributed by atoms with Gasteiger partial charge in [-0.3, -0.25) is 0 Å². The lowest BCUT2D eigenvalue weighted by molar-refractivity contribution is 0.174. The quantitative estimate of drug-likeness (QED) is 0.811. The van der Waals surface area contributed by atoms with Crippen molar-refractivity contribution in [2.75, 3.05) is 6.79 Å². The Kier molecular flexibility index (Phi) is 3.13. The first-order chi connectivity index (χ1) is 7.69. The molecule has 1 aromatic rings. The van der Waals surface area contributed by atoms with Crippen LogP contribution in [0, 0.1) is 11.3 Å². The maximum Gasteiger partial charge on any atom is 0.231 e. The van der Waals surface area contributed by atoms with Crippen LogP contribution in [0.1, 0.15) is 24.8 Å². The minimum absolute atomic E-state index is 0.137. The summed E-state index contributed by atoms with van der Waals surface area (Å²) in [5, 5.41) is 9.87. The third-order valence-electron chi connectivity index (χ3n) is 2.50. The van der Waals surface area contributed by atoms with Gasteiger partial charge in [-0.05, 0) is 6.42 Å². The van der Waals surface area contributed by atoms with Crippen molar-refractivity contribution in [3.63, 3.8) is 0 Å². The summed E-state index contributed by atoms with van der Waals surface area (Å²) in [6.45, 7) is 2.04. The molecule has 1 unspecified atom stereocenters. The van der Waals surface area contributed by atoms with Gasteiger partial charge in [0.1, 0.15) is 0 Å². The molecule has 0 amide bonds.